The van der Waals surface area contributed by atoms with Crippen LogP contribution in [0.4, 0.5) is 0 Å². The van der Waals surface area contributed by atoms with Crippen LogP contribution in [0.3, 0.4) is 0 Å². The highest BCUT2D eigenvalue weighted by molar-refractivity contribution is 5.53. The largest absolute Gasteiger partial charge is 0.507 e. The summed E-state index contributed by atoms with van der Waals surface area (Å²) >= 11 is 0. The third-order valence-electron chi connectivity index (χ3n) is 7.36. The summed E-state index contributed by atoms with van der Waals surface area (Å²) in [7, 11) is 0. The number of phenols is 1. The lowest BCUT2D eigenvalue weighted by Gasteiger charge is -2.37. The molecule has 1 aromatic rings. The second-order valence-corrected chi connectivity index (χ2v) is 11.1. The van der Waals surface area contributed by atoms with Crippen LogP contribution in [0.2, 0.25) is 0 Å². The van der Waals surface area contributed by atoms with Crippen LogP contribution in [0.15, 0.2) is 6.07 Å². The minimum absolute atomic E-state index is 0.0620. The Morgan fingerprint density at radius 3 is 2.10 bits per heavy atom. The van der Waals surface area contributed by atoms with Crippen LogP contribution in [-0.4, -0.2) is 10.7 Å². The van der Waals surface area contributed by atoms with Gasteiger partial charge in [-0.1, -0.05) is 72.6 Å². The second-order valence-electron chi connectivity index (χ2n) is 11.1. The Balaban J connectivity index is 1.68. The Morgan fingerprint density at radius 2 is 1.50 bits per heavy atom. The fourth-order valence-corrected chi connectivity index (χ4v) is 5.06. The molecule has 1 heterocycles. The highest BCUT2D eigenvalue weighted by Crippen LogP contribution is 2.41. The van der Waals surface area contributed by atoms with E-state index in [1.54, 1.807) is 0 Å². The van der Waals surface area contributed by atoms with Crippen molar-refractivity contribution in [3.8, 4) is 11.5 Å². The number of ether oxygens (including phenoxy) is 1. The Labute approximate surface area is 186 Å². The maximum atomic E-state index is 10.2. The summed E-state index contributed by atoms with van der Waals surface area (Å²) in [6, 6.07) is 2.03. The zero-order chi connectivity index (χ0) is 22.3. The molecule has 1 aliphatic rings. The number of aryl methyl sites for hydroxylation is 1. The van der Waals surface area contributed by atoms with Gasteiger partial charge in [0.1, 0.15) is 17.1 Å². The summed E-state index contributed by atoms with van der Waals surface area (Å²) in [5.74, 6) is 3.98. The average Bonchev–Trinajstić information content (AvgIpc) is 2.65. The number of phenolic OH excluding ortho intramolecular Hbond substituents is 1. The van der Waals surface area contributed by atoms with Crippen LogP contribution in [-0.2, 0) is 6.42 Å². The number of fused-ring (bicyclic) bond motifs is 1. The lowest BCUT2D eigenvalue weighted by molar-refractivity contribution is 0.0520. The molecule has 172 valence electrons. The summed E-state index contributed by atoms with van der Waals surface area (Å²) in [5, 5.41) is 10.2. The van der Waals surface area contributed by atoms with E-state index in [4.69, 9.17) is 4.74 Å². The molecule has 0 bridgehead atoms. The molecule has 0 fully saturated rings. The van der Waals surface area contributed by atoms with E-state index in [9.17, 15) is 5.11 Å². The van der Waals surface area contributed by atoms with Crippen LogP contribution in [0, 0.1) is 31.6 Å². The number of aromatic hydroxyl groups is 1. The molecule has 30 heavy (non-hydrogen) atoms. The third-order valence-corrected chi connectivity index (χ3v) is 7.36. The molecule has 2 rings (SSSR count). The summed E-state index contributed by atoms with van der Waals surface area (Å²) in [6.45, 7) is 15.8. The third kappa shape index (κ3) is 7.50. The van der Waals surface area contributed by atoms with Gasteiger partial charge in [0.2, 0.25) is 0 Å². The van der Waals surface area contributed by atoms with Gasteiger partial charge in [-0.05, 0) is 81.4 Å². The lowest BCUT2D eigenvalue weighted by atomic mass is 9.85. The molecule has 1 aromatic carbocycles. The number of hydrogen-bond acceptors (Lipinski definition) is 2. The monoisotopic (exact) mass is 416 g/mol. The van der Waals surface area contributed by atoms with E-state index >= 15 is 0 Å². The Morgan fingerprint density at radius 1 is 0.933 bits per heavy atom. The summed E-state index contributed by atoms with van der Waals surface area (Å²) in [6.07, 6.45) is 14.1. The maximum Gasteiger partial charge on any atom is 0.124 e. The van der Waals surface area contributed by atoms with Crippen molar-refractivity contribution in [1.82, 2.24) is 0 Å². The highest BCUT2D eigenvalue weighted by atomic mass is 16.5. The van der Waals surface area contributed by atoms with Gasteiger partial charge < -0.3 is 9.84 Å². The first kappa shape index (κ1) is 25.1. The van der Waals surface area contributed by atoms with Crippen molar-refractivity contribution in [3.63, 3.8) is 0 Å². The molecule has 0 unspecified atom stereocenters. The van der Waals surface area contributed by atoms with Crippen molar-refractivity contribution in [1.29, 1.82) is 0 Å². The topological polar surface area (TPSA) is 29.5 Å². The average molecular weight is 417 g/mol. The molecule has 1 N–H and O–H groups in total. The van der Waals surface area contributed by atoms with Gasteiger partial charge in [0.15, 0.2) is 0 Å². The number of hydrogen-bond donors (Lipinski definition) is 1. The van der Waals surface area contributed by atoms with Crippen molar-refractivity contribution in [3.05, 3.63) is 22.8 Å². The fraction of sp³-hybridized carbons (Fsp3) is 0.786. The van der Waals surface area contributed by atoms with E-state index < -0.39 is 0 Å². The molecule has 0 saturated heterocycles. The molecule has 0 spiro atoms. The fourth-order valence-electron chi connectivity index (χ4n) is 5.06. The van der Waals surface area contributed by atoms with E-state index in [1.165, 1.54) is 56.9 Å². The van der Waals surface area contributed by atoms with E-state index in [-0.39, 0.29) is 5.60 Å². The maximum absolute atomic E-state index is 10.2. The molecule has 0 aromatic heterocycles. The summed E-state index contributed by atoms with van der Waals surface area (Å²) in [5.41, 5.74) is 3.06. The van der Waals surface area contributed by atoms with E-state index in [0.717, 1.165) is 53.9 Å². The van der Waals surface area contributed by atoms with Gasteiger partial charge >= 0.3 is 0 Å². The SMILES string of the molecule is Cc1cc2c(c(C)c1O)CC[C@@](C)(CCC[C@H](C)CCC[C@H](C)CCCC(C)C)O2. The second kappa shape index (κ2) is 11.4. The predicted octanol–water partition coefficient (Wildman–Crippen LogP) is 8.53. The van der Waals surface area contributed by atoms with Gasteiger partial charge in [-0.2, -0.15) is 0 Å². The first-order chi connectivity index (χ1) is 14.1. The van der Waals surface area contributed by atoms with Crippen LogP contribution in [0.1, 0.15) is 116 Å². The van der Waals surface area contributed by atoms with Crippen molar-refractivity contribution in [2.45, 2.75) is 125 Å². The van der Waals surface area contributed by atoms with Gasteiger partial charge in [0.25, 0.3) is 0 Å². The zero-order valence-electron chi connectivity index (χ0n) is 20.9. The van der Waals surface area contributed by atoms with Crippen molar-refractivity contribution >= 4 is 0 Å². The predicted molar refractivity (Wildman–Crippen MR) is 130 cm³/mol. The molecular weight excluding hydrogens is 368 g/mol. The molecule has 0 amide bonds. The Kier molecular flexibility index (Phi) is 9.57. The van der Waals surface area contributed by atoms with Crippen LogP contribution in [0.25, 0.3) is 0 Å². The zero-order valence-corrected chi connectivity index (χ0v) is 20.9. The molecule has 0 saturated carbocycles. The molecule has 0 radical (unpaired) electrons. The summed E-state index contributed by atoms with van der Waals surface area (Å²) < 4.78 is 6.47. The number of benzene rings is 1. The molecule has 3 atom stereocenters. The van der Waals surface area contributed by atoms with E-state index in [0.29, 0.717) is 5.75 Å². The first-order valence-corrected chi connectivity index (χ1v) is 12.6. The molecule has 0 aliphatic carbocycles. The molecule has 2 nitrogen and oxygen atoms in total. The van der Waals surface area contributed by atoms with E-state index in [2.05, 4.69) is 34.6 Å². The van der Waals surface area contributed by atoms with Crippen molar-refractivity contribution in [2.75, 3.05) is 0 Å². The van der Waals surface area contributed by atoms with Gasteiger partial charge in [-0.3, -0.25) is 0 Å². The van der Waals surface area contributed by atoms with E-state index in [1.807, 2.05) is 19.9 Å². The quantitative estimate of drug-likeness (QED) is 0.370. The first-order valence-electron chi connectivity index (χ1n) is 12.6. The van der Waals surface area contributed by atoms with Gasteiger partial charge in [0, 0.05) is 5.56 Å². The van der Waals surface area contributed by atoms with Gasteiger partial charge in [-0.25, -0.2) is 0 Å². The normalized spacial score (nSPS) is 20.7. The van der Waals surface area contributed by atoms with Gasteiger partial charge in [0.05, 0.1) is 0 Å². The van der Waals surface area contributed by atoms with Crippen molar-refractivity contribution in [2.24, 2.45) is 17.8 Å². The molecular formula is C28H48O2. The van der Waals surface area contributed by atoms with Crippen LogP contribution >= 0.6 is 0 Å². The van der Waals surface area contributed by atoms with Crippen LogP contribution in [0.5, 0.6) is 11.5 Å². The van der Waals surface area contributed by atoms with Crippen LogP contribution < -0.4 is 4.74 Å². The molecule has 1 aliphatic heterocycles. The Hall–Kier alpha value is -1.18. The van der Waals surface area contributed by atoms with Crippen molar-refractivity contribution < 1.29 is 9.84 Å². The minimum atomic E-state index is -0.0620. The lowest BCUT2D eigenvalue weighted by Crippen LogP contribution is -2.36. The minimum Gasteiger partial charge on any atom is -0.507 e. The number of rotatable bonds is 12. The Bertz CT molecular complexity index is 663. The smallest absolute Gasteiger partial charge is 0.124 e. The standard InChI is InChI=1S/C28H48O2/c1-20(2)11-8-12-21(3)13-9-14-22(4)15-10-17-28(7)18-16-25-24(6)27(29)23(5)19-26(25)30-28/h19-22,29H,8-18H2,1-7H3/t21-,22-,28-/m1/s1. The molecule has 2 heteroatoms. The van der Waals surface area contributed by atoms with Gasteiger partial charge in [-0.15, -0.1) is 0 Å². The highest BCUT2D eigenvalue weighted by Gasteiger charge is 2.32. The summed E-state index contributed by atoms with van der Waals surface area (Å²) in [4.78, 5) is 0.